The highest BCUT2D eigenvalue weighted by Gasteiger charge is 2.26. The lowest BCUT2D eigenvalue weighted by Gasteiger charge is -2.04. The Morgan fingerprint density at radius 1 is 1.42 bits per heavy atom. The van der Waals surface area contributed by atoms with Crippen molar-refractivity contribution in [1.82, 2.24) is 14.8 Å². The first-order chi connectivity index (χ1) is 9.02. The summed E-state index contributed by atoms with van der Waals surface area (Å²) in [7, 11) is 1.55. The Morgan fingerprint density at radius 2 is 2.16 bits per heavy atom. The van der Waals surface area contributed by atoms with E-state index in [0.717, 1.165) is 5.56 Å². The molecule has 0 aromatic carbocycles. The van der Waals surface area contributed by atoms with Gasteiger partial charge < -0.3 is 4.74 Å². The monoisotopic (exact) mass is 263 g/mol. The molecule has 2 heterocycles. The van der Waals surface area contributed by atoms with Crippen LogP contribution in [-0.4, -0.2) is 32.0 Å². The third-order valence-corrected chi connectivity index (χ3v) is 2.87. The molecule has 0 spiro atoms. The molecular weight excluding hydrogens is 248 g/mol. The van der Waals surface area contributed by atoms with Crippen molar-refractivity contribution in [3.05, 3.63) is 40.2 Å². The molecule has 7 heteroatoms. The van der Waals surface area contributed by atoms with Crippen LogP contribution in [0.3, 0.4) is 0 Å². The molecule has 0 saturated heterocycles. The highest BCUT2D eigenvalue weighted by Crippen LogP contribution is 2.22. The first-order valence-corrected chi connectivity index (χ1v) is 5.72. The zero-order chi connectivity index (χ0) is 14.0. The molecular formula is C12H15N4O3+. The van der Waals surface area contributed by atoms with Crippen LogP contribution in [0, 0.1) is 18.8 Å². The molecule has 0 fully saturated rings. The summed E-state index contributed by atoms with van der Waals surface area (Å²) >= 11 is 0. The van der Waals surface area contributed by atoms with Crippen molar-refractivity contribution in [3.63, 3.8) is 0 Å². The Hall–Kier alpha value is -2.44. The van der Waals surface area contributed by atoms with Crippen molar-refractivity contribution in [2.24, 2.45) is 0 Å². The van der Waals surface area contributed by atoms with Gasteiger partial charge in [0.25, 0.3) is 4.92 Å². The first-order valence-electron chi connectivity index (χ1n) is 5.72. The van der Waals surface area contributed by atoms with Gasteiger partial charge >= 0.3 is 5.69 Å². The summed E-state index contributed by atoms with van der Waals surface area (Å²) in [6.45, 7) is 3.87. The minimum atomic E-state index is -0.152. The van der Waals surface area contributed by atoms with Gasteiger partial charge in [-0.1, -0.05) is 6.07 Å². The molecule has 0 aliphatic heterocycles. The summed E-state index contributed by atoms with van der Waals surface area (Å²) in [4.78, 5) is 15.0. The summed E-state index contributed by atoms with van der Waals surface area (Å²) in [5, 5.41) is 13.3. The Labute approximate surface area is 110 Å². The SMILES string of the molecule is COc1ccc(Cn2nc(C)c([N+](=O)O)c2C)cn1. The molecule has 0 aliphatic carbocycles. The number of aryl methyl sites for hydroxylation is 1. The van der Waals surface area contributed by atoms with Crippen LogP contribution in [0.15, 0.2) is 18.3 Å². The first kappa shape index (κ1) is 13.0. The zero-order valence-corrected chi connectivity index (χ0v) is 11.0. The van der Waals surface area contributed by atoms with Gasteiger partial charge in [-0.2, -0.15) is 5.10 Å². The summed E-state index contributed by atoms with van der Waals surface area (Å²) in [6, 6.07) is 3.63. The molecule has 0 aliphatic rings. The molecule has 2 aromatic rings. The normalized spacial score (nSPS) is 10.5. The topological polar surface area (TPSA) is 80.2 Å². The number of hydrogen-bond acceptors (Lipinski definition) is 4. The molecule has 2 rings (SSSR count). The van der Waals surface area contributed by atoms with Gasteiger partial charge in [-0.15, -0.1) is 0 Å². The third kappa shape index (κ3) is 2.54. The molecule has 7 nitrogen and oxygen atoms in total. The van der Waals surface area contributed by atoms with E-state index in [1.54, 1.807) is 37.9 Å². The Balaban J connectivity index is 2.28. The average Bonchev–Trinajstić information content (AvgIpc) is 2.65. The van der Waals surface area contributed by atoms with Crippen molar-refractivity contribution in [2.45, 2.75) is 20.4 Å². The molecule has 19 heavy (non-hydrogen) atoms. The van der Waals surface area contributed by atoms with Gasteiger partial charge in [-0.05, 0) is 19.4 Å². The second-order valence-electron chi connectivity index (χ2n) is 4.16. The van der Waals surface area contributed by atoms with Gasteiger partial charge in [0.2, 0.25) is 5.88 Å². The fourth-order valence-electron chi connectivity index (χ4n) is 1.92. The number of hydrogen-bond donors (Lipinski definition) is 1. The Bertz CT molecular complexity index is 604. The van der Waals surface area contributed by atoms with E-state index in [0.29, 0.717) is 23.8 Å². The largest absolute Gasteiger partial charge is 0.481 e. The van der Waals surface area contributed by atoms with Crippen molar-refractivity contribution in [3.8, 4) is 5.88 Å². The molecule has 0 atom stereocenters. The van der Waals surface area contributed by atoms with Gasteiger partial charge in [0.1, 0.15) is 11.4 Å². The minimum absolute atomic E-state index is 0.152. The minimum Gasteiger partial charge on any atom is -0.481 e. The van der Waals surface area contributed by atoms with Crippen LogP contribution in [0.4, 0.5) is 5.69 Å². The predicted octanol–water partition coefficient (Wildman–Crippen LogP) is 1.75. The van der Waals surface area contributed by atoms with Crippen molar-refractivity contribution in [2.75, 3.05) is 7.11 Å². The van der Waals surface area contributed by atoms with E-state index in [-0.39, 0.29) is 10.6 Å². The highest BCUT2D eigenvalue weighted by molar-refractivity contribution is 5.39. The summed E-state index contributed by atoms with van der Waals surface area (Å²) in [6.07, 6.45) is 1.68. The van der Waals surface area contributed by atoms with E-state index in [4.69, 9.17) is 9.94 Å². The van der Waals surface area contributed by atoms with Crippen LogP contribution < -0.4 is 4.74 Å². The molecule has 100 valence electrons. The van der Waals surface area contributed by atoms with Crippen molar-refractivity contribution < 1.29 is 14.9 Å². The van der Waals surface area contributed by atoms with E-state index < -0.39 is 0 Å². The molecule has 0 saturated carbocycles. The van der Waals surface area contributed by atoms with Crippen molar-refractivity contribution >= 4 is 5.69 Å². The lowest BCUT2D eigenvalue weighted by molar-refractivity contribution is -0.730. The predicted molar refractivity (Wildman–Crippen MR) is 66.7 cm³/mol. The maximum Gasteiger partial charge on any atom is 0.359 e. The molecule has 0 unspecified atom stereocenters. The maximum atomic E-state index is 11.0. The smallest absolute Gasteiger partial charge is 0.359 e. The van der Waals surface area contributed by atoms with E-state index in [1.165, 1.54) is 0 Å². The highest BCUT2D eigenvalue weighted by atomic mass is 16.6. The maximum absolute atomic E-state index is 11.0. The number of ether oxygens (including phenoxy) is 1. The fraction of sp³-hybridized carbons (Fsp3) is 0.333. The average molecular weight is 263 g/mol. The Morgan fingerprint density at radius 3 is 2.63 bits per heavy atom. The van der Waals surface area contributed by atoms with E-state index >= 15 is 0 Å². The quantitative estimate of drug-likeness (QED) is 0.850. The van der Waals surface area contributed by atoms with Gasteiger partial charge in [0.05, 0.1) is 18.6 Å². The lowest BCUT2D eigenvalue weighted by atomic mass is 10.2. The van der Waals surface area contributed by atoms with Crippen LogP contribution >= 0.6 is 0 Å². The molecule has 2 aromatic heterocycles. The van der Waals surface area contributed by atoms with Gasteiger partial charge in [-0.3, -0.25) is 4.68 Å². The second-order valence-corrected chi connectivity index (χ2v) is 4.16. The Kier molecular flexibility index (Phi) is 3.46. The second kappa shape index (κ2) is 5.05. The fourth-order valence-corrected chi connectivity index (χ4v) is 1.92. The van der Waals surface area contributed by atoms with Gasteiger partial charge in [0, 0.05) is 12.3 Å². The van der Waals surface area contributed by atoms with E-state index in [9.17, 15) is 4.91 Å². The standard InChI is InChI=1S/C12H15N4O3/c1-8-12(16(17)18)9(2)15(14-8)7-10-4-5-11(19-3)13-6-10/h4-6H,7H2,1-3H3,(H,17,18)/q+1. The van der Waals surface area contributed by atoms with E-state index in [1.807, 2.05) is 6.07 Å². The molecule has 1 N–H and O–H groups in total. The number of rotatable bonds is 4. The zero-order valence-electron chi connectivity index (χ0n) is 11.0. The molecule has 0 amide bonds. The number of nitrogens with zero attached hydrogens (tertiary/aromatic N) is 4. The van der Waals surface area contributed by atoms with E-state index in [2.05, 4.69) is 10.1 Å². The summed E-state index contributed by atoms with van der Waals surface area (Å²) < 4.78 is 6.63. The van der Waals surface area contributed by atoms with Crippen molar-refractivity contribution in [1.29, 1.82) is 0 Å². The third-order valence-electron chi connectivity index (χ3n) is 2.87. The van der Waals surface area contributed by atoms with Crippen LogP contribution in [0.25, 0.3) is 0 Å². The number of methoxy groups -OCH3 is 1. The number of aromatic nitrogens is 3. The van der Waals surface area contributed by atoms with Gasteiger partial charge in [0.15, 0.2) is 0 Å². The van der Waals surface area contributed by atoms with Crippen LogP contribution in [0.5, 0.6) is 5.88 Å². The summed E-state index contributed by atoms with van der Waals surface area (Å²) in [5.74, 6) is 0.541. The summed E-state index contributed by atoms with van der Waals surface area (Å²) in [5.41, 5.74) is 2.19. The van der Waals surface area contributed by atoms with Crippen LogP contribution in [-0.2, 0) is 6.54 Å². The van der Waals surface area contributed by atoms with Crippen LogP contribution in [0.2, 0.25) is 0 Å². The van der Waals surface area contributed by atoms with Crippen LogP contribution in [0.1, 0.15) is 17.0 Å². The lowest BCUT2D eigenvalue weighted by Crippen LogP contribution is -2.05. The number of pyridine rings is 1. The molecule has 0 radical (unpaired) electrons. The van der Waals surface area contributed by atoms with Gasteiger partial charge in [-0.25, -0.2) is 10.2 Å². The molecule has 0 bridgehead atoms.